The first-order valence-corrected chi connectivity index (χ1v) is 6.07. The van der Waals surface area contributed by atoms with E-state index >= 15 is 0 Å². The maximum absolute atomic E-state index is 12.0. The quantitative estimate of drug-likeness (QED) is 0.555. The molecule has 0 N–H and O–H groups in total. The van der Waals surface area contributed by atoms with Crippen LogP contribution in [0.2, 0.25) is 5.02 Å². The third kappa shape index (κ3) is 4.46. The van der Waals surface area contributed by atoms with E-state index in [1.165, 1.54) is 0 Å². The third-order valence-electron chi connectivity index (χ3n) is 2.23. The fraction of sp³-hybridized carbons (Fsp3) is 0.462. The molecule has 0 spiro atoms. The molecule has 0 bridgehead atoms. The van der Waals surface area contributed by atoms with Crippen molar-refractivity contribution in [2.45, 2.75) is 26.6 Å². The molecule has 94 valence electrons. The lowest BCUT2D eigenvalue weighted by Gasteiger charge is -2.16. The summed E-state index contributed by atoms with van der Waals surface area (Å²) in [5.41, 5.74) is 0.513. The van der Waals surface area contributed by atoms with Crippen LogP contribution in [0.15, 0.2) is 24.3 Å². The summed E-state index contributed by atoms with van der Waals surface area (Å²) in [5.74, 6) is -0.0671. The highest BCUT2D eigenvalue weighted by molar-refractivity contribution is 6.33. The van der Waals surface area contributed by atoms with Gasteiger partial charge in [-0.15, -0.1) is 0 Å². The van der Waals surface area contributed by atoms with Gasteiger partial charge in [0.2, 0.25) is 0 Å². The maximum Gasteiger partial charge on any atom is 0.169 e. The molecule has 3 nitrogen and oxygen atoms in total. The summed E-state index contributed by atoms with van der Waals surface area (Å²) in [7, 11) is 0. The number of Topliss-reactive ketones (excluding diaryl/α,β-unsaturated/α-hetero) is 1. The smallest absolute Gasteiger partial charge is 0.169 e. The molecule has 0 aliphatic heterocycles. The predicted octanol–water partition coefficient (Wildman–Crippen LogP) is 3.31. The first-order chi connectivity index (χ1) is 8.19. The number of ether oxygens (including phenoxy) is 2. The molecule has 0 atom stereocenters. The molecule has 0 heterocycles. The highest BCUT2D eigenvalue weighted by Crippen LogP contribution is 2.18. The molecule has 0 fully saturated rings. The van der Waals surface area contributed by atoms with E-state index in [0.29, 0.717) is 23.8 Å². The third-order valence-corrected chi connectivity index (χ3v) is 2.56. The van der Waals surface area contributed by atoms with Gasteiger partial charge in [-0.2, -0.15) is 0 Å². The Morgan fingerprint density at radius 1 is 1.24 bits per heavy atom. The Labute approximate surface area is 107 Å². The average molecular weight is 257 g/mol. The number of hydrogen-bond acceptors (Lipinski definition) is 3. The first-order valence-electron chi connectivity index (χ1n) is 5.70. The fourth-order valence-electron chi connectivity index (χ4n) is 1.49. The van der Waals surface area contributed by atoms with E-state index in [0.717, 1.165) is 0 Å². The predicted molar refractivity (Wildman–Crippen MR) is 67.4 cm³/mol. The number of halogens is 1. The summed E-state index contributed by atoms with van der Waals surface area (Å²) in [6.45, 7) is 4.76. The fourth-order valence-corrected chi connectivity index (χ4v) is 1.73. The van der Waals surface area contributed by atoms with Crippen LogP contribution in [0.4, 0.5) is 0 Å². The van der Waals surface area contributed by atoms with Crippen molar-refractivity contribution in [3.63, 3.8) is 0 Å². The van der Waals surface area contributed by atoms with Gasteiger partial charge in [0.05, 0.1) is 11.4 Å². The van der Waals surface area contributed by atoms with Crippen LogP contribution >= 0.6 is 11.6 Å². The molecule has 4 heteroatoms. The molecular formula is C13H17ClO3. The molecule has 1 aromatic carbocycles. The lowest BCUT2D eigenvalue weighted by Crippen LogP contribution is -2.21. The zero-order chi connectivity index (χ0) is 12.7. The second-order valence-electron chi connectivity index (χ2n) is 3.45. The van der Waals surface area contributed by atoms with Gasteiger partial charge in [0, 0.05) is 18.8 Å². The van der Waals surface area contributed by atoms with Gasteiger partial charge in [0.1, 0.15) is 0 Å². The van der Waals surface area contributed by atoms with E-state index in [1.54, 1.807) is 24.3 Å². The van der Waals surface area contributed by atoms with Crippen LogP contribution in [-0.4, -0.2) is 25.3 Å². The topological polar surface area (TPSA) is 35.5 Å². The van der Waals surface area contributed by atoms with Crippen LogP contribution in [-0.2, 0) is 9.47 Å². The van der Waals surface area contributed by atoms with Gasteiger partial charge >= 0.3 is 0 Å². The molecule has 0 saturated heterocycles. The van der Waals surface area contributed by atoms with Crippen molar-refractivity contribution < 1.29 is 14.3 Å². The molecule has 1 rings (SSSR count). The Morgan fingerprint density at radius 2 is 1.82 bits per heavy atom. The minimum Gasteiger partial charge on any atom is -0.352 e. The Hall–Kier alpha value is -0.900. The van der Waals surface area contributed by atoms with Gasteiger partial charge in [-0.1, -0.05) is 23.7 Å². The number of rotatable bonds is 7. The van der Waals surface area contributed by atoms with Crippen LogP contribution in [0.25, 0.3) is 0 Å². The van der Waals surface area contributed by atoms with E-state index in [-0.39, 0.29) is 12.2 Å². The number of carbonyl (C=O) groups excluding carboxylic acids is 1. The van der Waals surface area contributed by atoms with Crippen LogP contribution < -0.4 is 0 Å². The molecule has 17 heavy (non-hydrogen) atoms. The van der Waals surface area contributed by atoms with Crippen molar-refractivity contribution >= 4 is 17.4 Å². The largest absolute Gasteiger partial charge is 0.352 e. The van der Waals surface area contributed by atoms with Crippen molar-refractivity contribution in [3.05, 3.63) is 34.9 Å². The van der Waals surface area contributed by atoms with E-state index in [1.807, 2.05) is 13.8 Å². The molecule has 0 aliphatic rings. The van der Waals surface area contributed by atoms with Crippen molar-refractivity contribution in [1.82, 2.24) is 0 Å². The van der Waals surface area contributed by atoms with Crippen molar-refractivity contribution in [2.24, 2.45) is 0 Å². The highest BCUT2D eigenvalue weighted by atomic mass is 35.5. The Balaban J connectivity index is 2.67. The molecule has 0 amide bonds. The number of benzene rings is 1. The second kappa shape index (κ2) is 7.43. The summed E-state index contributed by atoms with van der Waals surface area (Å²) in [6.07, 6.45) is -0.306. The highest BCUT2D eigenvalue weighted by Gasteiger charge is 2.17. The van der Waals surface area contributed by atoms with Crippen LogP contribution in [0.1, 0.15) is 30.6 Å². The molecule has 0 aromatic heterocycles. The van der Waals surface area contributed by atoms with Gasteiger partial charge in [0.15, 0.2) is 12.1 Å². The van der Waals surface area contributed by atoms with Gasteiger partial charge in [-0.25, -0.2) is 0 Å². The lowest BCUT2D eigenvalue weighted by atomic mass is 10.1. The maximum atomic E-state index is 12.0. The Kier molecular flexibility index (Phi) is 6.19. The average Bonchev–Trinajstić information content (AvgIpc) is 2.30. The molecule has 0 radical (unpaired) electrons. The minimum absolute atomic E-state index is 0.0671. The summed E-state index contributed by atoms with van der Waals surface area (Å²) in [6, 6.07) is 6.99. The number of ketones is 1. The van der Waals surface area contributed by atoms with E-state index in [4.69, 9.17) is 21.1 Å². The lowest BCUT2D eigenvalue weighted by molar-refractivity contribution is -0.133. The monoisotopic (exact) mass is 256 g/mol. The van der Waals surface area contributed by atoms with Crippen molar-refractivity contribution in [1.29, 1.82) is 0 Å². The summed E-state index contributed by atoms with van der Waals surface area (Å²) < 4.78 is 10.7. The van der Waals surface area contributed by atoms with Crippen LogP contribution in [0.3, 0.4) is 0 Å². The van der Waals surface area contributed by atoms with Gasteiger partial charge in [-0.05, 0) is 26.0 Å². The van der Waals surface area contributed by atoms with Crippen molar-refractivity contribution in [3.8, 4) is 0 Å². The summed E-state index contributed by atoms with van der Waals surface area (Å²) in [4.78, 5) is 12.0. The van der Waals surface area contributed by atoms with Gasteiger partial charge < -0.3 is 9.47 Å². The van der Waals surface area contributed by atoms with Crippen LogP contribution in [0.5, 0.6) is 0 Å². The molecule has 1 aromatic rings. The van der Waals surface area contributed by atoms with Gasteiger partial charge in [-0.3, -0.25) is 4.79 Å². The SMILES string of the molecule is CCOC(CC(=O)c1ccccc1Cl)OCC. The molecule has 0 aliphatic carbocycles. The first kappa shape index (κ1) is 14.2. The Morgan fingerprint density at radius 3 is 2.35 bits per heavy atom. The normalized spacial score (nSPS) is 10.8. The van der Waals surface area contributed by atoms with E-state index < -0.39 is 6.29 Å². The second-order valence-corrected chi connectivity index (χ2v) is 3.85. The minimum atomic E-state index is -0.492. The van der Waals surface area contributed by atoms with E-state index in [2.05, 4.69) is 0 Å². The molecular weight excluding hydrogens is 240 g/mol. The van der Waals surface area contributed by atoms with Gasteiger partial charge in [0.25, 0.3) is 0 Å². The van der Waals surface area contributed by atoms with E-state index in [9.17, 15) is 4.79 Å². The molecule has 0 unspecified atom stereocenters. The van der Waals surface area contributed by atoms with Crippen molar-refractivity contribution in [2.75, 3.05) is 13.2 Å². The van der Waals surface area contributed by atoms with Crippen LogP contribution in [0, 0.1) is 0 Å². The Bertz CT molecular complexity index is 359. The summed E-state index contributed by atoms with van der Waals surface area (Å²) >= 11 is 5.95. The zero-order valence-corrected chi connectivity index (χ0v) is 10.9. The zero-order valence-electron chi connectivity index (χ0n) is 10.1. The molecule has 0 saturated carbocycles. The summed E-state index contributed by atoms with van der Waals surface area (Å²) in [5, 5.41) is 0.462. The number of hydrogen-bond donors (Lipinski definition) is 0. The number of carbonyl (C=O) groups is 1. The standard InChI is InChI=1S/C13H17ClO3/c1-3-16-13(17-4-2)9-12(15)10-7-5-6-8-11(10)14/h5-8,13H,3-4,9H2,1-2H3.